The molecular weight excluding hydrogens is 294 g/mol. The summed E-state index contributed by atoms with van der Waals surface area (Å²) in [6, 6.07) is 17.3. The lowest BCUT2D eigenvalue weighted by Gasteiger charge is -2.24. The Bertz CT molecular complexity index is 740. The maximum absolute atomic E-state index is 12.8. The van der Waals surface area contributed by atoms with E-state index in [-0.39, 0.29) is 11.5 Å². The molecule has 2 aromatic rings. The second-order valence-electron chi connectivity index (χ2n) is 4.95. The van der Waals surface area contributed by atoms with Gasteiger partial charge in [0.05, 0.1) is 12.8 Å². The van der Waals surface area contributed by atoms with Crippen LogP contribution in [0.25, 0.3) is 0 Å². The zero-order valence-corrected chi connectivity index (χ0v) is 12.5. The lowest BCUT2D eigenvalue weighted by molar-refractivity contribution is -0.139. The Hall–Kier alpha value is -3.08. The molecule has 23 heavy (non-hydrogen) atoms. The molecule has 1 unspecified atom stereocenters. The largest absolute Gasteiger partial charge is 0.463 e. The molecule has 0 amide bonds. The van der Waals surface area contributed by atoms with Gasteiger partial charge in [-0.3, -0.25) is 4.79 Å². The summed E-state index contributed by atoms with van der Waals surface area (Å²) in [5.74, 6) is -0.770. The number of carbonyl (C=O) groups is 2. The second-order valence-corrected chi connectivity index (χ2v) is 4.95. The van der Waals surface area contributed by atoms with Crippen LogP contribution >= 0.6 is 0 Å². The predicted molar refractivity (Wildman–Crippen MR) is 84.7 cm³/mol. The topological polar surface area (TPSA) is 55.8 Å². The number of ether oxygens (including phenoxy) is 1. The molecule has 1 heterocycles. The molecule has 1 aliphatic heterocycles. The molecule has 0 saturated heterocycles. The highest BCUT2D eigenvalue weighted by atomic mass is 16.7. The van der Waals surface area contributed by atoms with Gasteiger partial charge in [0.25, 0.3) is 0 Å². The minimum Gasteiger partial charge on any atom is -0.463 e. The third kappa shape index (κ3) is 2.94. The number of carbonyl (C=O) groups excluding carboxylic acids is 2. The van der Waals surface area contributed by atoms with E-state index in [1.807, 2.05) is 24.3 Å². The van der Waals surface area contributed by atoms with E-state index in [0.717, 1.165) is 0 Å². The Morgan fingerprint density at radius 2 is 1.61 bits per heavy atom. The van der Waals surface area contributed by atoms with Crippen LogP contribution in [0.3, 0.4) is 0 Å². The third-order valence-corrected chi connectivity index (χ3v) is 3.48. The molecule has 2 aromatic carbocycles. The van der Waals surface area contributed by atoms with Gasteiger partial charge in [-0.1, -0.05) is 48.5 Å². The van der Waals surface area contributed by atoms with Gasteiger partial charge in [0.15, 0.2) is 11.8 Å². The van der Waals surface area contributed by atoms with Crippen LogP contribution < -0.4 is 5.06 Å². The fourth-order valence-electron chi connectivity index (χ4n) is 2.35. The maximum Gasteiger partial charge on any atom is 0.376 e. The summed E-state index contributed by atoms with van der Waals surface area (Å²) in [7, 11) is 1.27. The number of esters is 1. The smallest absolute Gasteiger partial charge is 0.376 e. The molecule has 1 aliphatic rings. The maximum atomic E-state index is 12.8. The van der Waals surface area contributed by atoms with Gasteiger partial charge in [-0.05, 0) is 12.1 Å². The van der Waals surface area contributed by atoms with Crippen molar-refractivity contribution in [2.45, 2.75) is 6.04 Å². The monoisotopic (exact) mass is 309 g/mol. The SMILES string of the molecule is COC(=O)C1=CC(C(=O)c2ccccc2)N(c2ccccc2)O1. The van der Waals surface area contributed by atoms with Gasteiger partial charge < -0.3 is 9.57 Å². The Morgan fingerprint density at radius 1 is 1.00 bits per heavy atom. The number of nitrogens with zero attached hydrogens (tertiary/aromatic N) is 1. The van der Waals surface area contributed by atoms with E-state index in [0.29, 0.717) is 11.3 Å². The summed E-state index contributed by atoms with van der Waals surface area (Å²) in [5.41, 5.74) is 1.22. The van der Waals surface area contributed by atoms with E-state index in [4.69, 9.17) is 4.84 Å². The predicted octanol–water partition coefficient (Wildman–Crippen LogP) is 2.75. The van der Waals surface area contributed by atoms with Crippen molar-refractivity contribution in [3.05, 3.63) is 78.1 Å². The van der Waals surface area contributed by atoms with Crippen molar-refractivity contribution in [2.24, 2.45) is 0 Å². The van der Waals surface area contributed by atoms with Crippen LogP contribution in [-0.4, -0.2) is 24.9 Å². The van der Waals surface area contributed by atoms with Gasteiger partial charge in [0.1, 0.15) is 0 Å². The van der Waals surface area contributed by atoms with E-state index in [9.17, 15) is 9.59 Å². The minimum atomic E-state index is -0.728. The molecule has 0 radical (unpaired) electrons. The van der Waals surface area contributed by atoms with Gasteiger partial charge in [-0.25, -0.2) is 4.79 Å². The second kappa shape index (κ2) is 6.36. The van der Waals surface area contributed by atoms with Gasteiger partial charge in [-0.2, -0.15) is 5.06 Å². The molecule has 0 N–H and O–H groups in total. The van der Waals surface area contributed by atoms with Crippen LogP contribution in [0.2, 0.25) is 0 Å². The van der Waals surface area contributed by atoms with Gasteiger partial charge in [0.2, 0.25) is 5.76 Å². The first-order valence-electron chi connectivity index (χ1n) is 7.12. The number of methoxy groups -OCH3 is 1. The van der Waals surface area contributed by atoms with Crippen LogP contribution in [0.5, 0.6) is 0 Å². The standard InChI is InChI=1S/C18H15NO4/c1-22-18(21)16-12-15(17(20)13-8-4-2-5-9-13)19(23-16)14-10-6-3-7-11-14/h2-12,15H,1H3. The molecule has 0 saturated carbocycles. The first-order valence-corrected chi connectivity index (χ1v) is 7.12. The minimum absolute atomic E-state index is 0.00522. The number of para-hydroxylation sites is 1. The van der Waals surface area contributed by atoms with Crippen LogP contribution in [0.4, 0.5) is 5.69 Å². The fraction of sp³-hybridized carbons (Fsp3) is 0.111. The zero-order valence-electron chi connectivity index (χ0n) is 12.5. The number of Topliss-reactive ketones (excluding diaryl/α,β-unsaturated/α-hetero) is 1. The quantitative estimate of drug-likeness (QED) is 0.642. The molecule has 1 atom stereocenters. The van der Waals surface area contributed by atoms with E-state index >= 15 is 0 Å². The highest BCUT2D eigenvalue weighted by molar-refractivity contribution is 6.04. The molecule has 3 rings (SSSR count). The molecule has 0 spiro atoms. The van der Waals surface area contributed by atoms with E-state index in [1.165, 1.54) is 18.2 Å². The number of anilines is 1. The van der Waals surface area contributed by atoms with Crippen LogP contribution in [0.1, 0.15) is 10.4 Å². The lowest BCUT2D eigenvalue weighted by Crippen LogP contribution is -2.35. The number of hydrogen-bond donors (Lipinski definition) is 0. The summed E-state index contributed by atoms with van der Waals surface area (Å²) >= 11 is 0. The lowest BCUT2D eigenvalue weighted by atomic mass is 10.0. The first-order chi connectivity index (χ1) is 11.2. The van der Waals surface area contributed by atoms with Crippen molar-refractivity contribution in [3.63, 3.8) is 0 Å². The van der Waals surface area contributed by atoms with Crippen molar-refractivity contribution < 1.29 is 19.2 Å². The Balaban J connectivity index is 1.96. The molecule has 5 heteroatoms. The number of hydrogen-bond acceptors (Lipinski definition) is 5. The molecule has 116 valence electrons. The molecule has 5 nitrogen and oxygen atoms in total. The van der Waals surface area contributed by atoms with Crippen molar-refractivity contribution in [2.75, 3.05) is 12.2 Å². The highest BCUT2D eigenvalue weighted by Gasteiger charge is 2.36. The molecule has 0 fully saturated rings. The summed E-state index contributed by atoms with van der Waals surface area (Å²) in [5, 5.41) is 1.42. The highest BCUT2D eigenvalue weighted by Crippen LogP contribution is 2.28. The number of benzene rings is 2. The normalized spacial score (nSPS) is 16.5. The first kappa shape index (κ1) is 14.8. The van der Waals surface area contributed by atoms with Crippen LogP contribution in [0, 0.1) is 0 Å². The molecule has 0 aliphatic carbocycles. The van der Waals surface area contributed by atoms with Crippen LogP contribution in [0.15, 0.2) is 72.5 Å². The Morgan fingerprint density at radius 3 is 2.22 bits per heavy atom. The zero-order chi connectivity index (χ0) is 16.2. The van der Waals surface area contributed by atoms with Crippen molar-refractivity contribution in [1.29, 1.82) is 0 Å². The summed E-state index contributed by atoms with van der Waals surface area (Å²) in [6.45, 7) is 0. The number of ketones is 1. The molecular formula is C18H15NO4. The van der Waals surface area contributed by atoms with E-state index < -0.39 is 12.0 Å². The van der Waals surface area contributed by atoms with Crippen molar-refractivity contribution in [3.8, 4) is 0 Å². The third-order valence-electron chi connectivity index (χ3n) is 3.48. The van der Waals surface area contributed by atoms with Gasteiger partial charge in [0, 0.05) is 11.6 Å². The van der Waals surface area contributed by atoms with E-state index in [1.54, 1.807) is 36.4 Å². The average Bonchev–Trinajstić information content (AvgIpc) is 3.07. The van der Waals surface area contributed by atoms with Crippen molar-refractivity contribution >= 4 is 17.4 Å². The summed E-state index contributed by atoms with van der Waals surface area (Å²) < 4.78 is 4.68. The number of hydroxylamine groups is 1. The molecule has 0 bridgehead atoms. The van der Waals surface area contributed by atoms with Crippen molar-refractivity contribution in [1.82, 2.24) is 0 Å². The summed E-state index contributed by atoms with van der Waals surface area (Å²) in [6.07, 6.45) is 1.48. The van der Waals surface area contributed by atoms with E-state index in [2.05, 4.69) is 4.74 Å². The number of rotatable bonds is 4. The fourth-order valence-corrected chi connectivity index (χ4v) is 2.35. The Labute approximate surface area is 133 Å². The molecule has 0 aromatic heterocycles. The summed E-state index contributed by atoms with van der Waals surface area (Å²) in [4.78, 5) is 30.1. The van der Waals surface area contributed by atoms with Gasteiger partial charge >= 0.3 is 5.97 Å². The average molecular weight is 309 g/mol. The van der Waals surface area contributed by atoms with Crippen LogP contribution in [-0.2, 0) is 14.4 Å². The Kier molecular flexibility index (Phi) is 4.10. The van der Waals surface area contributed by atoms with Gasteiger partial charge in [-0.15, -0.1) is 0 Å².